The predicted molar refractivity (Wildman–Crippen MR) is 50.0 cm³/mol. The van der Waals surface area contributed by atoms with E-state index in [2.05, 4.69) is 10.2 Å². The first kappa shape index (κ1) is 8.04. The van der Waals surface area contributed by atoms with Crippen molar-refractivity contribution in [1.29, 1.82) is 0 Å². The second-order valence-corrected chi connectivity index (χ2v) is 3.03. The summed E-state index contributed by atoms with van der Waals surface area (Å²) in [6.07, 6.45) is -1.05. The van der Waals surface area contributed by atoms with Gasteiger partial charge in [0.1, 0.15) is 6.17 Å². The lowest BCUT2D eigenvalue weighted by molar-refractivity contribution is 0.367. The van der Waals surface area contributed by atoms with Gasteiger partial charge in [0.25, 0.3) is 0 Å². The average molecular weight is 179 g/mol. The van der Waals surface area contributed by atoms with E-state index in [1.54, 1.807) is 18.2 Å². The first-order chi connectivity index (χ1) is 6.18. The highest BCUT2D eigenvalue weighted by molar-refractivity contribution is 5.84. The van der Waals surface area contributed by atoms with Crippen LogP contribution in [0.2, 0.25) is 0 Å². The molecule has 1 aromatic heterocycles. The average Bonchev–Trinajstić information content (AvgIpc) is 2.46. The van der Waals surface area contributed by atoms with E-state index in [-0.39, 0.29) is 0 Å². The number of benzene rings is 1. The topological polar surface area (TPSA) is 54.7 Å². The van der Waals surface area contributed by atoms with Crippen LogP contribution in [0.1, 0.15) is 18.8 Å². The maximum Gasteiger partial charge on any atom is 0.139 e. The fourth-order valence-electron chi connectivity index (χ4n) is 1.35. The summed E-state index contributed by atoms with van der Waals surface area (Å²) >= 11 is 0. The van der Waals surface area contributed by atoms with E-state index in [0.717, 1.165) is 10.9 Å². The predicted octanol–water partition coefficient (Wildman–Crippen LogP) is 2.18. The molecule has 0 aliphatic heterocycles. The largest absolute Gasteiger partial charge is 0.399 e. The van der Waals surface area contributed by atoms with E-state index in [1.165, 1.54) is 6.92 Å². The first-order valence-corrected chi connectivity index (χ1v) is 4.06. The number of nitrogen functional groups attached to an aromatic ring is 1. The number of nitrogens with two attached hydrogens (primary N) is 1. The summed E-state index contributed by atoms with van der Waals surface area (Å²) in [7, 11) is 0. The smallest absolute Gasteiger partial charge is 0.139 e. The van der Waals surface area contributed by atoms with Crippen molar-refractivity contribution >= 4 is 16.6 Å². The third-order valence-electron chi connectivity index (χ3n) is 2.01. The van der Waals surface area contributed by atoms with Crippen molar-refractivity contribution in [2.75, 3.05) is 5.73 Å². The van der Waals surface area contributed by atoms with Gasteiger partial charge in [-0.25, -0.2) is 4.39 Å². The molecule has 0 aliphatic carbocycles. The monoisotopic (exact) mass is 179 g/mol. The molecule has 0 aliphatic rings. The quantitative estimate of drug-likeness (QED) is 0.659. The van der Waals surface area contributed by atoms with Crippen molar-refractivity contribution in [2.24, 2.45) is 0 Å². The molecule has 2 rings (SSSR count). The van der Waals surface area contributed by atoms with E-state index in [4.69, 9.17) is 5.73 Å². The molecule has 0 fully saturated rings. The SMILES string of the molecule is CC(F)c1[nH]nc2ccc(N)cc12. The number of aromatic nitrogens is 2. The number of fused-ring (bicyclic) bond motifs is 1. The molecule has 0 amide bonds. The number of nitrogens with one attached hydrogen (secondary N) is 1. The van der Waals surface area contributed by atoms with Gasteiger partial charge < -0.3 is 5.73 Å². The van der Waals surface area contributed by atoms with E-state index in [0.29, 0.717) is 11.4 Å². The van der Waals surface area contributed by atoms with Crippen molar-refractivity contribution in [1.82, 2.24) is 10.2 Å². The lowest BCUT2D eigenvalue weighted by atomic mass is 10.1. The number of hydrogen-bond acceptors (Lipinski definition) is 2. The van der Waals surface area contributed by atoms with Gasteiger partial charge in [0.15, 0.2) is 0 Å². The van der Waals surface area contributed by atoms with Gasteiger partial charge in [-0.2, -0.15) is 5.10 Å². The number of halogens is 1. The van der Waals surface area contributed by atoms with E-state index in [1.807, 2.05) is 0 Å². The maximum atomic E-state index is 13.0. The lowest BCUT2D eigenvalue weighted by Crippen LogP contribution is -1.87. The number of anilines is 1. The zero-order chi connectivity index (χ0) is 9.42. The van der Waals surface area contributed by atoms with Gasteiger partial charge >= 0.3 is 0 Å². The minimum atomic E-state index is -1.05. The Bertz CT molecular complexity index is 433. The zero-order valence-corrected chi connectivity index (χ0v) is 7.21. The zero-order valence-electron chi connectivity index (χ0n) is 7.21. The molecule has 1 heterocycles. The Labute approximate surface area is 74.7 Å². The molecular formula is C9H10FN3. The summed E-state index contributed by atoms with van der Waals surface area (Å²) in [6.45, 7) is 1.47. The van der Waals surface area contributed by atoms with Crippen LogP contribution in [-0.4, -0.2) is 10.2 Å². The molecule has 4 heteroatoms. The molecule has 0 bridgehead atoms. The number of aromatic amines is 1. The Morgan fingerprint density at radius 1 is 1.54 bits per heavy atom. The summed E-state index contributed by atoms with van der Waals surface area (Å²) in [5.74, 6) is 0. The van der Waals surface area contributed by atoms with Gasteiger partial charge in [-0.1, -0.05) is 0 Å². The first-order valence-electron chi connectivity index (χ1n) is 4.06. The molecule has 1 aromatic carbocycles. The highest BCUT2D eigenvalue weighted by atomic mass is 19.1. The number of nitrogens with zero attached hydrogens (tertiary/aromatic N) is 1. The second-order valence-electron chi connectivity index (χ2n) is 3.03. The molecular weight excluding hydrogens is 169 g/mol. The molecule has 1 atom stereocenters. The minimum absolute atomic E-state index is 0.488. The summed E-state index contributed by atoms with van der Waals surface area (Å²) in [5.41, 5.74) is 7.44. The van der Waals surface area contributed by atoms with E-state index < -0.39 is 6.17 Å². The molecule has 3 nitrogen and oxygen atoms in total. The molecule has 2 aromatic rings. The van der Waals surface area contributed by atoms with Gasteiger partial charge in [0.05, 0.1) is 11.2 Å². The van der Waals surface area contributed by atoms with Crippen molar-refractivity contribution < 1.29 is 4.39 Å². The van der Waals surface area contributed by atoms with Crippen molar-refractivity contribution in [3.05, 3.63) is 23.9 Å². The maximum absolute atomic E-state index is 13.0. The van der Waals surface area contributed by atoms with Gasteiger partial charge in [-0.3, -0.25) is 5.10 Å². The molecule has 1 unspecified atom stereocenters. The summed E-state index contributed by atoms with van der Waals surface area (Å²) in [6, 6.07) is 5.24. The number of hydrogen-bond donors (Lipinski definition) is 2. The highest BCUT2D eigenvalue weighted by Crippen LogP contribution is 2.25. The van der Waals surface area contributed by atoms with E-state index >= 15 is 0 Å². The number of rotatable bonds is 1. The number of alkyl halides is 1. The van der Waals surface area contributed by atoms with Crippen LogP contribution in [-0.2, 0) is 0 Å². The Morgan fingerprint density at radius 2 is 2.31 bits per heavy atom. The standard InChI is InChI=1S/C9H10FN3/c1-5(10)9-7-4-6(11)2-3-8(7)12-13-9/h2-5H,11H2,1H3,(H,12,13). The Kier molecular flexibility index (Phi) is 1.69. The normalized spacial score (nSPS) is 13.4. The third kappa shape index (κ3) is 1.24. The van der Waals surface area contributed by atoms with E-state index in [9.17, 15) is 4.39 Å². The molecule has 3 N–H and O–H groups in total. The summed E-state index contributed by atoms with van der Waals surface area (Å²) in [5, 5.41) is 7.38. The molecule has 13 heavy (non-hydrogen) atoms. The molecule has 0 radical (unpaired) electrons. The molecule has 0 saturated carbocycles. The van der Waals surface area contributed by atoms with Gasteiger partial charge in [-0.15, -0.1) is 0 Å². The van der Waals surface area contributed by atoms with Crippen LogP contribution in [0.4, 0.5) is 10.1 Å². The van der Waals surface area contributed by atoms with Crippen molar-refractivity contribution in [3.8, 4) is 0 Å². The van der Waals surface area contributed by atoms with Gasteiger partial charge in [0, 0.05) is 11.1 Å². The molecule has 0 spiro atoms. The van der Waals surface area contributed by atoms with Crippen molar-refractivity contribution in [2.45, 2.75) is 13.1 Å². The van der Waals surface area contributed by atoms with Crippen molar-refractivity contribution in [3.63, 3.8) is 0 Å². The van der Waals surface area contributed by atoms with Crippen LogP contribution >= 0.6 is 0 Å². The Morgan fingerprint density at radius 3 is 3.00 bits per heavy atom. The Balaban J connectivity index is 2.71. The Hall–Kier alpha value is -1.58. The van der Waals surface area contributed by atoms with Crippen LogP contribution in [0.5, 0.6) is 0 Å². The molecule has 68 valence electrons. The fourth-order valence-corrected chi connectivity index (χ4v) is 1.35. The minimum Gasteiger partial charge on any atom is -0.399 e. The molecule has 0 saturated heterocycles. The van der Waals surface area contributed by atoms with Crippen LogP contribution in [0.25, 0.3) is 10.9 Å². The van der Waals surface area contributed by atoms with Crippen LogP contribution in [0, 0.1) is 0 Å². The number of H-pyrrole nitrogens is 1. The van der Waals surface area contributed by atoms with Crippen LogP contribution in [0.3, 0.4) is 0 Å². The second kappa shape index (κ2) is 2.73. The lowest BCUT2D eigenvalue weighted by Gasteiger charge is -1.98. The highest BCUT2D eigenvalue weighted by Gasteiger charge is 2.10. The van der Waals surface area contributed by atoms with Gasteiger partial charge in [0.2, 0.25) is 0 Å². The van der Waals surface area contributed by atoms with Crippen LogP contribution < -0.4 is 5.73 Å². The third-order valence-corrected chi connectivity index (χ3v) is 2.01. The van der Waals surface area contributed by atoms with Crippen LogP contribution in [0.15, 0.2) is 18.2 Å². The fraction of sp³-hybridized carbons (Fsp3) is 0.222. The summed E-state index contributed by atoms with van der Waals surface area (Å²) < 4.78 is 13.0. The van der Waals surface area contributed by atoms with Gasteiger partial charge in [-0.05, 0) is 25.1 Å². The summed E-state index contributed by atoms with van der Waals surface area (Å²) in [4.78, 5) is 0.